The third-order valence-corrected chi connectivity index (χ3v) is 2.99. The van der Waals surface area contributed by atoms with Gasteiger partial charge in [-0.3, -0.25) is 0 Å². The van der Waals surface area contributed by atoms with Crippen LogP contribution in [0.2, 0.25) is 0 Å². The van der Waals surface area contributed by atoms with Crippen molar-refractivity contribution in [3.8, 4) is 0 Å². The fourth-order valence-electron chi connectivity index (χ4n) is 2.14. The summed E-state index contributed by atoms with van der Waals surface area (Å²) in [5.41, 5.74) is 1.92. The number of nitrogens with zero attached hydrogens (tertiary/aromatic N) is 4. The highest BCUT2D eigenvalue weighted by Gasteiger charge is 2.06. The van der Waals surface area contributed by atoms with E-state index in [0.717, 1.165) is 23.1 Å². The molecule has 1 aromatic carbocycles. The van der Waals surface area contributed by atoms with Crippen LogP contribution in [0, 0.1) is 0 Å². The molecule has 3 aromatic rings. The first-order chi connectivity index (χ1) is 9.33. The first-order valence-corrected chi connectivity index (χ1v) is 6.25. The van der Waals surface area contributed by atoms with Crippen molar-refractivity contribution >= 4 is 16.6 Å². The minimum atomic E-state index is 0.279. The van der Waals surface area contributed by atoms with Gasteiger partial charge in [-0.05, 0) is 13.0 Å². The molecule has 0 spiro atoms. The van der Waals surface area contributed by atoms with Crippen LogP contribution in [0.15, 0.2) is 49.2 Å². The summed E-state index contributed by atoms with van der Waals surface area (Å²) in [4.78, 5) is 4.05. The van der Waals surface area contributed by atoms with Gasteiger partial charge in [0.15, 0.2) is 0 Å². The number of rotatable bonds is 4. The van der Waals surface area contributed by atoms with Gasteiger partial charge < -0.3 is 9.88 Å². The zero-order chi connectivity index (χ0) is 13.1. The maximum absolute atomic E-state index is 4.12. The minimum Gasteiger partial charge on any atom is -0.379 e. The highest BCUT2D eigenvalue weighted by atomic mass is 15.1. The van der Waals surface area contributed by atoms with Gasteiger partial charge in [0.05, 0.1) is 23.7 Å². The third-order valence-electron chi connectivity index (χ3n) is 2.99. The molecular formula is C14H15N5. The Morgan fingerprint density at radius 3 is 3.05 bits per heavy atom. The average Bonchev–Trinajstić information content (AvgIpc) is 2.92. The topological polar surface area (TPSA) is 55.6 Å². The Morgan fingerprint density at radius 1 is 1.32 bits per heavy atom. The van der Waals surface area contributed by atoms with Gasteiger partial charge in [-0.1, -0.05) is 18.2 Å². The third kappa shape index (κ3) is 2.54. The van der Waals surface area contributed by atoms with E-state index in [-0.39, 0.29) is 6.04 Å². The smallest absolute Gasteiger partial charge is 0.0950 e. The van der Waals surface area contributed by atoms with Gasteiger partial charge in [0.2, 0.25) is 0 Å². The zero-order valence-corrected chi connectivity index (χ0v) is 10.7. The molecule has 0 aliphatic rings. The molecule has 2 aromatic heterocycles. The fraction of sp³-hybridized carbons (Fsp3) is 0.214. The van der Waals surface area contributed by atoms with Crippen LogP contribution in [0.5, 0.6) is 0 Å². The molecule has 5 heteroatoms. The molecule has 3 rings (SSSR count). The van der Waals surface area contributed by atoms with Crippen LogP contribution < -0.4 is 5.32 Å². The number of nitrogens with one attached hydrogen (secondary N) is 1. The van der Waals surface area contributed by atoms with Crippen LogP contribution in [0.3, 0.4) is 0 Å². The Bertz CT molecular complexity index is 657. The number of benzene rings is 1. The molecule has 0 radical (unpaired) electrons. The predicted octanol–water partition coefficient (Wildman–Crippen LogP) is 2.33. The minimum absolute atomic E-state index is 0.279. The van der Waals surface area contributed by atoms with Crippen molar-refractivity contribution in [2.45, 2.75) is 19.5 Å². The lowest BCUT2D eigenvalue weighted by Crippen LogP contribution is -2.21. The summed E-state index contributed by atoms with van der Waals surface area (Å²) in [6.45, 7) is 2.99. The molecule has 0 saturated heterocycles. The average molecular weight is 253 g/mol. The molecule has 96 valence electrons. The lowest BCUT2D eigenvalue weighted by molar-refractivity contribution is 0.619. The first-order valence-electron chi connectivity index (χ1n) is 6.25. The maximum Gasteiger partial charge on any atom is 0.0950 e. The molecule has 0 amide bonds. The summed E-state index contributed by atoms with van der Waals surface area (Å²) in [7, 11) is 0. The van der Waals surface area contributed by atoms with E-state index in [2.05, 4.69) is 38.1 Å². The van der Waals surface area contributed by atoms with E-state index in [1.807, 2.05) is 30.7 Å². The lowest BCUT2D eigenvalue weighted by Gasteiger charge is -2.16. The Morgan fingerprint density at radius 2 is 2.21 bits per heavy atom. The summed E-state index contributed by atoms with van der Waals surface area (Å²) in [5, 5.41) is 12.7. The molecule has 0 aliphatic heterocycles. The van der Waals surface area contributed by atoms with Gasteiger partial charge in [0, 0.05) is 30.4 Å². The SMILES string of the molecule is CC(Cn1ccnc1)Nc1cnnc2ccccc12. The molecule has 0 fully saturated rings. The second-order valence-corrected chi connectivity index (χ2v) is 4.58. The van der Waals surface area contributed by atoms with E-state index < -0.39 is 0 Å². The van der Waals surface area contributed by atoms with Crippen molar-refractivity contribution in [3.05, 3.63) is 49.2 Å². The number of hydrogen-bond donors (Lipinski definition) is 1. The van der Waals surface area contributed by atoms with Gasteiger partial charge in [0.1, 0.15) is 0 Å². The van der Waals surface area contributed by atoms with Crippen LogP contribution in [0.25, 0.3) is 10.9 Å². The monoisotopic (exact) mass is 253 g/mol. The second kappa shape index (κ2) is 5.06. The van der Waals surface area contributed by atoms with Crippen molar-refractivity contribution in [2.24, 2.45) is 0 Å². The Labute approximate surface area is 111 Å². The van der Waals surface area contributed by atoms with E-state index >= 15 is 0 Å². The van der Waals surface area contributed by atoms with E-state index in [0.29, 0.717) is 0 Å². The molecule has 1 unspecified atom stereocenters. The second-order valence-electron chi connectivity index (χ2n) is 4.58. The molecule has 5 nitrogen and oxygen atoms in total. The van der Waals surface area contributed by atoms with Crippen molar-refractivity contribution in [2.75, 3.05) is 5.32 Å². The number of hydrogen-bond acceptors (Lipinski definition) is 4. The molecule has 1 N–H and O–H groups in total. The van der Waals surface area contributed by atoms with Gasteiger partial charge in [0.25, 0.3) is 0 Å². The lowest BCUT2D eigenvalue weighted by atomic mass is 10.2. The highest BCUT2D eigenvalue weighted by molar-refractivity contribution is 5.90. The van der Waals surface area contributed by atoms with Crippen LogP contribution in [0.1, 0.15) is 6.92 Å². The predicted molar refractivity (Wildman–Crippen MR) is 74.8 cm³/mol. The fourth-order valence-corrected chi connectivity index (χ4v) is 2.14. The van der Waals surface area contributed by atoms with Crippen molar-refractivity contribution in [1.82, 2.24) is 19.7 Å². The summed E-state index contributed by atoms with van der Waals surface area (Å²) < 4.78 is 2.05. The van der Waals surface area contributed by atoms with Crippen LogP contribution in [-0.4, -0.2) is 25.8 Å². The molecule has 0 bridgehead atoms. The number of imidazole rings is 1. The normalized spacial score (nSPS) is 12.5. The van der Waals surface area contributed by atoms with Crippen molar-refractivity contribution in [1.29, 1.82) is 0 Å². The standard InChI is InChI=1S/C14H15N5/c1-11(9-19-7-6-15-10-19)17-14-8-16-18-13-5-3-2-4-12(13)14/h2-8,10-11H,9H2,1H3,(H,17,18). The van der Waals surface area contributed by atoms with Crippen LogP contribution in [-0.2, 0) is 6.54 Å². The van der Waals surface area contributed by atoms with E-state index in [1.165, 1.54) is 0 Å². The Balaban J connectivity index is 1.81. The number of fused-ring (bicyclic) bond motifs is 1. The number of anilines is 1. The first kappa shape index (κ1) is 11.6. The van der Waals surface area contributed by atoms with E-state index in [9.17, 15) is 0 Å². The summed E-state index contributed by atoms with van der Waals surface area (Å²) >= 11 is 0. The highest BCUT2D eigenvalue weighted by Crippen LogP contribution is 2.20. The summed E-state index contributed by atoms with van der Waals surface area (Å²) in [6.07, 6.45) is 7.34. The van der Waals surface area contributed by atoms with Crippen LogP contribution >= 0.6 is 0 Å². The molecule has 0 saturated carbocycles. The molecule has 0 aliphatic carbocycles. The maximum atomic E-state index is 4.12. The molecular weight excluding hydrogens is 238 g/mol. The van der Waals surface area contributed by atoms with Crippen molar-refractivity contribution < 1.29 is 0 Å². The zero-order valence-electron chi connectivity index (χ0n) is 10.7. The van der Waals surface area contributed by atoms with Gasteiger partial charge in [-0.2, -0.15) is 10.2 Å². The molecule has 19 heavy (non-hydrogen) atoms. The number of aromatic nitrogens is 4. The van der Waals surface area contributed by atoms with Crippen LogP contribution in [0.4, 0.5) is 5.69 Å². The van der Waals surface area contributed by atoms with Gasteiger partial charge in [-0.15, -0.1) is 0 Å². The van der Waals surface area contributed by atoms with E-state index in [1.54, 1.807) is 12.4 Å². The van der Waals surface area contributed by atoms with Gasteiger partial charge >= 0.3 is 0 Å². The molecule has 1 atom stereocenters. The van der Waals surface area contributed by atoms with Crippen molar-refractivity contribution in [3.63, 3.8) is 0 Å². The van der Waals surface area contributed by atoms with Gasteiger partial charge in [-0.25, -0.2) is 4.98 Å². The quantitative estimate of drug-likeness (QED) is 0.775. The van der Waals surface area contributed by atoms with E-state index in [4.69, 9.17) is 0 Å². The molecule has 2 heterocycles. The summed E-state index contributed by atoms with van der Waals surface area (Å²) in [6, 6.07) is 8.28. The Kier molecular flexibility index (Phi) is 3.10. The Hall–Kier alpha value is -2.43. The largest absolute Gasteiger partial charge is 0.379 e. The summed E-state index contributed by atoms with van der Waals surface area (Å²) in [5.74, 6) is 0.